The SMILES string of the molecule is CC(C)(C)c1cc(NC(=NCCCN=C(Nc2cc(C(C)(C)C)cc(C(C)(C)C)c2)c2ccccc2)c2ccccc2)cc(C(C)(C)C)c1. The van der Waals surface area contributed by atoms with Gasteiger partial charge in [-0.15, -0.1) is 0 Å². The first-order chi connectivity index (χ1) is 22.8. The number of amidine groups is 2. The van der Waals surface area contributed by atoms with Gasteiger partial charge in [0.2, 0.25) is 0 Å². The van der Waals surface area contributed by atoms with Crippen LogP contribution in [0.4, 0.5) is 11.4 Å². The van der Waals surface area contributed by atoms with Gasteiger partial charge in [-0.25, -0.2) is 0 Å². The average molecular weight is 657 g/mol. The Labute approximate surface area is 297 Å². The second-order valence-corrected chi connectivity index (χ2v) is 17.4. The molecule has 0 aliphatic carbocycles. The van der Waals surface area contributed by atoms with Crippen LogP contribution in [0.2, 0.25) is 0 Å². The second-order valence-electron chi connectivity index (χ2n) is 17.4. The summed E-state index contributed by atoms with van der Waals surface area (Å²) >= 11 is 0. The molecule has 0 aliphatic rings. The Morgan fingerprint density at radius 1 is 0.429 bits per heavy atom. The van der Waals surface area contributed by atoms with Gasteiger partial charge in [0.05, 0.1) is 0 Å². The van der Waals surface area contributed by atoms with Gasteiger partial charge in [-0.05, 0) is 74.6 Å². The summed E-state index contributed by atoms with van der Waals surface area (Å²) in [6.07, 6.45) is 0.820. The lowest BCUT2D eigenvalue weighted by Gasteiger charge is -2.26. The van der Waals surface area contributed by atoms with Crippen LogP contribution in [0.3, 0.4) is 0 Å². The Bertz CT molecular complexity index is 1540. The first-order valence-corrected chi connectivity index (χ1v) is 17.9. The van der Waals surface area contributed by atoms with Crippen LogP contribution in [0.1, 0.15) is 123 Å². The van der Waals surface area contributed by atoms with E-state index in [9.17, 15) is 0 Å². The summed E-state index contributed by atoms with van der Waals surface area (Å²) in [4.78, 5) is 10.2. The summed E-state index contributed by atoms with van der Waals surface area (Å²) in [5.74, 6) is 1.76. The van der Waals surface area contributed by atoms with Gasteiger partial charge in [-0.1, -0.05) is 156 Å². The predicted molar refractivity (Wildman–Crippen MR) is 215 cm³/mol. The minimum absolute atomic E-state index is 0.0343. The number of nitrogens with one attached hydrogen (secondary N) is 2. The summed E-state index contributed by atoms with van der Waals surface area (Å²) in [6, 6.07) is 34.7. The molecule has 0 aromatic heterocycles. The highest BCUT2D eigenvalue weighted by Gasteiger charge is 2.22. The summed E-state index contributed by atoms with van der Waals surface area (Å²) < 4.78 is 0. The van der Waals surface area contributed by atoms with E-state index in [0.29, 0.717) is 13.1 Å². The second kappa shape index (κ2) is 15.2. The third kappa shape index (κ3) is 10.9. The van der Waals surface area contributed by atoms with Gasteiger partial charge in [0, 0.05) is 35.6 Å². The molecule has 4 rings (SSSR count). The highest BCUT2D eigenvalue weighted by molar-refractivity contribution is 6.09. The molecule has 0 aliphatic heterocycles. The molecule has 0 spiro atoms. The maximum Gasteiger partial charge on any atom is 0.132 e. The first kappa shape index (κ1) is 37.6. The third-order valence-electron chi connectivity index (χ3n) is 8.81. The fourth-order valence-electron chi connectivity index (χ4n) is 5.46. The van der Waals surface area contributed by atoms with Crippen LogP contribution >= 0.6 is 0 Å². The Kier molecular flexibility index (Phi) is 11.6. The number of hydrogen-bond acceptors (Lipinski definition) is 2. The number of hydrogen-bond donors (Lipinski definition) is 2. The fourth-order valence-corrected chi connectivity index (χ4v) is 5.46. The van der Waals surface area contributed by atoms with Crippen molar-refractivity contribution in [2.45, 2.75) is 111 Å². The van der Waals surface area contributed by atoms with Crippen LogP contribution in [-0.4, -0.2) is 24.8 Å². The summed E-state index contributed by atoms with van der Waals surface area (Å²) in [5, 5.41) is 7.43. The van der Waals surface area contributed by atoms with Crippen LogP contribution in [0.5, 0.6) is 0 Å². The predicted octanol–water partition coefficient (Wildman–Crippen LogP) is 11.7. The van der Waals surface area contributed by atoms with E-state index >= 15 is 0 Å². The van der Waals surface area contributed by atoms with Crippen molar-refractivity contribution in [3.63, 3.8) is 0 Å². The van der Waals surface area contributed by atoms with Crippen LogP contribution in [0.15, 0.2) is 107 Å². The van der Waals surface area contributed by atoms with Crippen LogP contribution < -0.4 is 10.6 Å². The molecule has 49 heavy (non-hydrogen) atoms. The molecule has 4 aromatic carbocycles. The van der Waals surface area contributed by atoms with Crippen molar-refractivity contribution in [1.82, 2.24) is 0 Å². The number of rotatable bonds is 8. The van der Waals surface area contributed by atoms with Crippen molar-refractivity contribution in [2.24, 2.45) is 9.98 Å². The molecule has 0 bridgehead atoms. The van der Waals surface area contributed by atoms with Crippen LogP contribution in [-0.2, 0) is 21.7 Å². The van der Waals surface area contributed by atoms with Crippen molar-refractivity contribution in [3.05, 3.63) is 130 Å². The van der Waals surface area contributed by atoms with Crippen molar-refractivity contribution in [3.8, 4) is 0 Å². The van der Waals surface area contributed by atoms with Gasteiger partial charge in [0.15, 0.2) is 0 Å². The monoisotopic (exact) mass is 656 g/mol. The standard InChI is InChI=1S/C45H60N4/c1-42(2,3)34-26-35(43(4,5)6)29-38(28-34)48-40(32-20-15-13-16-21-32)46-24-19-25-47-41(33-22-17-14-18-23-33)49-39-30-36(44(7,8)9)27-37(31-39)45(10,11)12/h13-18,20-23,26-31H,19,24-25H2,1-12H3,(H,46,48)(H,47,49). The molecular formula is C45H60N4. The molecular weight excluding hydrogens is 597 g/mol. The largest absolute Gasteiger partial charge is 0.340 e. The minimum Gasteiger partial charge on any atom is -0.340 e. The van der Waals surface area contributed by atoms with E-state index < -0.39 is 0 Å². The molecule has 4 heteroatoms. The third-order valence-corrected chi connectivity index (χ3v) is 8.81. The lowest BCUT2D eigenvalue weighted by atomic mass is 9.80. The zero-order valence-electron chi connectivity index (χ0n) is 32.3. The Morgan fingerprint density at radius 3 is 0.980 bits per heavy atom. The maximum absolute atomic E-state index is 5.12. The topological polar surface area (TPSA) is 48.8 Å². The molecule has 260 valence electrons. The molecule has 0 atom stereocenters. The summed E-state index contributed by atoms with van der Waals surface area (Å²) in [6.45, 7) is 28.6. The number of nitrogens with zero attached hydrogens (tertiary/aromatic N) is 2. The number of anilines is 2. The van der Waals surface area contributed by atoms with Gasteiger partial charge in [0.25, 0.3) is 0 Å². The smallest absolute Gasteiger partial charge is 0.132 e. The summed E-state index contributed by atoms with van der Waals surface area (Å²) in [7, 11) is 0. The number of aliphatic imine (C=N–C) groups is 2. The molecule has 0 amide bonds. The normalized spacial score (nSPS) is 13.4. The molecule has 0 saturated carbocycles. The first-order valence-electron chi connectivity index (χ1n) is 17.9. The zero-order valence-corrected chi connectivity index (χ0v) is 32.3. The van der Waals surface area contributed by atoms with E-state index in [1.807, 2.05) is 12.1 Å². The highest BCUT2D eigenvalue weighted by Crippen LogP contribution is 2.34. The minimum atomic E-state index is 0.0343. The van der Waals surface area contributed by atoms with E-state index in [4.69, 9.17) is 9.98 Å². The van der Waals surface area contributed by atoms with Gasteiger partial charge in [0.1, 0.15) is 11.7 Å². The van der Waals surface area contributed by atoms with Crippen LogP contribution in [0.25, 0.3) is 0 Å². The molecule has 0 heterocycles. The van der Waals surface area contributed by atoms with E-state index in [1.165, 1.54) is 22.3 Å². The van der Waals surface area contributed by atoms with Crippen LogP contribution in [0, 0.1) is 0 Å². The van der Waals surface area contributed by atoms with Crippen molar-refractivity contribution < 1.29 is 0 Å². The van der Waals surface area contributed by atoms with Gasteiger partial charge in [-0.3, -0.25) is 9.98 Å². The van der Waals surface area contributed by atoms with Crippen molar-refractivity contribution in [2.75, 3.05) is 23.7 Å². The number of benzene rings is 4. The lowest BCUT2D eigenvalue weighted by molar-refractivity contribution is 0.568. The van der Waals surface area contributed by atoms with Gasteiger partial charge < -0.3 is 10.6 Å². The Hall–Kier alpha value is -4.18. The molecule has 4 aromatic rings. The molecule has 0 saturated heterocycles. The van der Waals surface area contributed by atoms with Gasteiger partial charge in [-0.2, -0.15) is 0 Å². The lowest BCUT2D eigenvalue weighted by Crippen LogP contribution is -2.20. The maximum atomic E-state index is 5.12. The van der Waals surface area contributed by atoms with E-state index in [1.54, 1.807) is 0 Å². The molecule has 0 fully saturated rings. The van der Waals surface area contributed by atoms with E-state index in [-0.39, 0.29) is 21.7 Å². The quantitative estimate of drug-likeness (QED) is 0.113. The fraction of sp³-hybridized carbons (Fsp3) is 0.422. The Balaban J connectivity index is 1.61. The zero-order chi connectivity index (χ0) is 36.0. The van der Waals surface area contributed by atoms with E-state index in [0.717, 1.165) is 40.6 Å². The molecule has 4 nitrogen and oxygen atoms in total. The summed E-state index contributed by atoms with van der Waals surface area (Å²) in [5.41, 5.74) is 9.68. The molecule has 0 unspecified atom stereocenters. The molecule has 0 radical (unpaired) electrons. The average Bonchev–Trinajstić information content (AvgIpc) is 3.02. The van der Waals surface area contributed by atoms with Crippen molar-refractivity contribution >= 4 is 23.0 Å². The highest BCUT2D eigenvalue weighted by atomic mass is 15.0. The van der Waals surface area contributed by atoms with Gasteiger partial charge >= 0.3 is 0 Å². The Morgan fingerprint density at radius 2 is 0.714 bits per heavy atom. The van der Waals surface area contributed by atoms with E-state index in [2.05, 4.69) is 179 Å². The van der Waals surface area contributed by atoms with Crippen molar-refractivity contribution in [1.29, 1.82) is 0 Å². The molecule has 2 N–H and O–H groups in total.